The zero-order chi connectivity index (χ0) is 23.3. The summed E-state index contributed by atoms with van der Waals surface area (Å²) < 4.78 is 15.7. The third kappa shape index (κ3) is 6.84. The van der Waals surface area contributed by atoms with Crippen molar-refractivity contribution >= 4 is 11.9 Å². The van der Waals surface area contributed by atoms with Gasteiger partial charge < -0.3 is 39.7 Å². The van der Waals surface area contributed by atoms with E-state index in [4.69, 9.17) is 14.2 Å². The van der Waals surface area contributed by atoms with Crippen molar-refractivity contribution in [3.8, 4) is 0 Å². The molecule has 7 atom stereocenters. The number of esters is 2. The Morgan fingerprint density at radius 3 is 1.94 bits per heavy atom. The molecule has 1 fully saturated rings. The molecule has 32 heavy (non-hydrogen) atoms. The molecule has 0 aromatic heterocycles. The Morgan fingerprint density at radius 2 is 1.41 bits per heavy atom. The van der Waals surface area contributed by atoms with Gasteiger partial charge in [-0.2, -0.15) is 0 Å². The fourth-order valence-electron chi connectivity index (χ4n) is 3.99. The highest BCUT2D eigenvalue weighted by Crippen LogP contribution is 2.26. The van der Waals surface area contributed by atoms with Crippen LogP contribution in [-0.4, -0.2) is 87.0 Å². The first-order valence-electron chi connectivity index (χ1n) is 11.0. The lowest BCUT2D eigenvalue weighted by molar-refractivity contribution is -0.293. The monoisotopic (exact) mass is 456 g/mol. The van der Waals surface area contributed by atoms with E-state index in [-0.39, 0.29) is 12.8 Å². The van der Waals surface area contributed by atoms with Crippen molar-refractivity contribution in [2.45, 2.75) is 94.3 Å². The predicted octanol–water partition coefficient (Wildman–Crippen LogP) is -0.397. The number of hydrogen-bond acceptors (Lipinski definition) is 10. The smallest absolute Gasteiger partial charge is 0.312 e. The number of ether oxygens (including phenoxy) is 3. The van der Waals surface area contributed by atoms with E-state index in [2.05, 4.69) is 0 Å². The average Bonchev–Trinajstić information content (AvgIpc) is 2.76. The van der Waals surface area contributed by atoms with Crippen LogP contribution in [0.2, 0.25) is 0 Å². The molecule has 0 spiro atoms. The fourth-order valence-corrected chi connectivity index (χ4v) is 3.99. The van der Waals surface area contributed by atoms with Gasteiger partial charge in [-0.1, -0.05) is 23.3 Å². The van der Waals surface area contributed by atoms with Crippen LogP contribution in [0.1, 0.15) is 51.4 Å². The summed E-state index contributed by atoms with van der Waals surface area (Å²) in [4.78, 5) is 24.3. The number of carbonyl (C=O) groups is 2. The summed E-state index contributed by atoms with van der Waals surface area (Å²) in [6, 6.07) is 0. The first-order valence-corrected chi connectivity index (χ1v) is 11.0. The van der Waals surface area contributed by atoms with Crippen molar-refractivity contribution in [1.82, 2.24) is 0 Å². The minimum absolute atomic E-state index is 0.0403. The number of aliphatic hydroxyl groups excluding tert-OH is 5. The topological polar surface area (TPSA) is 163 Å². The molecule has 180 valence electrons. The van der Waals surface area contributed by atoms with E-state index in [9.17, 15) is 35.1 Å². The van der Waals surface area contributed by atoms with Crippen molar-refractivity contribution in [1.29, 1.82) is 0 Å². The highest BCUT2D eigenvalue weighted by Gasteiger charge is 2.46. The van der Waals surface area contributed by atoms with Crippen LogP contribution >= 0.6 is 0 Å². The van der Waals surface area contributed by atoms with Crippen LogP contribution in [0.4, 0.5) is 0 Å². The van der Waals surface area contributed by atoms with Crippen molar-refractivity contribution in [2.24, 2.45) is 0 Å². The lowest BCUT2D eigenvalue weighted by atomic mass is 9.95. The van der Waals surface area contributed by atoms with E-state index >= 15 is 0 Å². The summed E-state index contributed by atoms with van der Waals surface area (Å²) >= 11 is 0. The Labute approximate surface area is 186 Å². The zero-order valence-corrected chi connectivity index (χ0v) is 17.8. The van der Waals surface area contributed by atoms with Gasteiger partial charge in [0.25, 0.3) is 0 Å². The van der Waals surface area contributed by atoms with Crippen LogP contribution in [0.5, 0.6) is 0 Å². The van der Waals surface area contributed by atoms with Gasteiger partial charge in [0.1, 0.15) is 31.0 Å². The van der Waals surface area contributed by atoms with Crippen LogP contribution in [0.25, 0.3) is 0 Å². The average molecular weight is 456 g/mol. The van der Waals surface area contributed by atoms with E-state index in [1.807, 2.05) is 0 Å². The fraction of sp³-hybridized carbons (Fsp3) is 0.727. The van der Waals surface area contributed by atoms with Gasteiger partial charge in [0, 0.05) is 0 Å². The molecule has 0 bridgehead atoms. The van der Waals surface area contributed by atoms with Crippen LogP contribution in [-0.2, 0) is 23.8 Å². The summed E-state index contributed by atoms with van der Waals surface area (Å²) in [5.74, 6) is -1.23. The van der Waals surface area contributed by atoms with Gasteiger partial charge in [-0.25, -0.2) is 0 Å². The maximum absolute atomic E-state index is 12.2. The van der Waals surface area contributed by atoms with Crippen molar-refractivity contribution in [2.75, 3.05) is 6.61 Å². The van der Waals surface area contributed by atoms with Gasteiger partial charge in [0.15, 0.2) is 0 Å². The number of aliphatic hydroxyl groups is 5. The molecule has 0 aromatic rings. The highest BCUT2D eigenvalue weighted by atomic mass is 16.7. The molecular weight excluding hydrogens is 424 g/mol. The third-order valence-electron chi connectivity index (χ3n) is 6.02. The second-order valence-corrected chi connectivity index (χ2v) is 8.62. The van der Waals surface area contributed by atoms with E-state index in [1.165, 1.54) is 0 Å². The Morgan fingerprint density at radius 1 is 0.844 bits per heavy atom. The molecule has 5 N–H and O–H groups in total. The standard InChI is InChI=1S/C22H32O10/c23-14-5-1-12(2-6-14)9-17(25)30-11-16-19(27)20(28)21(29)22(31-16)32-18(26)10-13-3-7-15(24)8-4-13/h1,3,14-16,19-24,27-29H,2,4-11H2/t14-,15-,16-,19-,20+,21-,22+/m1/s1. The summed E-state index contributed by atoms with van der Waals surface area (Å²) in [6.45, 7) is -0.392. The Hall–Kier alpha value is -1.82. The van der Waals surface area contributed by atoms with E-state index in [0.717, 1.165) is 11.1 Å². The minimum Gasteiger partial charge on any atom is -0.463 e. The van der Waals surface area contributed by atoms with E-state index in [0.29, 0.717) is 38.5 Å². The van der Waals surface area contributed by atoms with Gasteiger partial charge in [0.2, 0.25) is 6.29 Å². The second kappa shape index (κ2) is 11.4. The first kappa shape index (κ1) is 24.8. The zero-order valence-electron chi connectivity index (χ0n) is 17.8. The molecule has 3 rings (SSSR count). The Balaban J connectivity index is 1.49. The number of carbonyl (C=O) groups excluding carboxylic acids is 2. The molecule has 1 aliphatic heterocycles. The van der Waals surface area contributed by atoms with Gasteiger partial charge in [-0.05, 0) is 38.5 Å². The summed E-state index contributed by atoms with van der Waals surface area (Å²) in [5.41, 5.74) is 1.67. The SMILES string of the molecule is O=C(CC1=CC[C@@H](O)CC1)OC[C@H]1O[C@@H](OC(=O)CC2=CC[C@@H](O)CC2)[C@H](O)[C@@H](O)[C@@H]1O. The van der Waals surface area contributed by atoms with Crippen LogP contribution in [0.3, 0.4) is 0 Å². The highest BCUT2D eigenvalue weighted by molar-refractivity contribution is 5.73. The molecule has 0 amide bonds. The normalized spacial score (nSPS) is 35.5. The maximum atomic E-state index is 12.2. The van der Waals surface area contributed by atoms with Crippen LogP contribution < -0.4 is 0 Å². The van der Waals surface area contributed by atoms with E-state index in [1.54, 1.807) is 12.2 Å². The summed E-state index contributed by atoms with van der Waals surface area (Å²) in [5, 5.41) is 49.4. The first-order chi connectivity index (χ1) is 15.2. The molecule has 0 aromatic carbocycles. The van der Waals surface area contributed by atoms with E-state index < -0.39 is 61.5 Å². The van der Waals surface area contributed by atoms with Crippen LogP contribution in [0.15, 0.2) is 23.3 Å². The molecule has 0 radical (unpaired) electrons. The Kier molecular flexibility index (Phi) is 8.80. The van der Waals surface area contributed by atoms with Crippen LogP contribution in [0, 0.1) is 0 Å². The lowest BCUT2D eigenvalue weighted by Gasteiger charge is -2.39. The molecule has 3 aliphatic rings. The molecular formula is C22H32O10. The molecule has 1 saturated heterocycles. The molecule has 1 heterocycles. The van der Waals surface area contributed by atoms with Gasteiger partial charge >= 0.3 is 11.9 Å². The third-order valence-corrected chi connectivity index (χ3v) is 6.02. The summed E-state index contributed by atoms with van der Waals surface area (Å²) in [7, 11) is 0. The van der Waals surface area contributed by atoms with Crippen molar-refractivity contribution in [3.05, 3.63) is 23.3 Å². The Bertz CT molecular complexity index is 730. The maximum Gasteiger partial charge on any atom is 0.312 e. The van der Waals surface area contributed by atoms with Gasteiger partial charge in [-0.15, -0.1) is 0 Å². The molecule has 10 nitrogen and oxygen atoms in total. The van der Waals surface area contributed by atoms with Gasteiger partial charge in [-0.3, -0.25) is 9.59 Å². The minimum atomic E-state index is -1.66. The second-order valence-electron chi connectivity index (χ2n) is 8.62. The predicted molar refractivity (Wildman–Crippen MR) is 109 cm³/mol. The number of rotatable bonds is 7. The van der Waals surface area contributed by atoms with Crippen molar-refractivity contribution < 1.29 is 49.3 Å². The largest absolute Gasteiger partial charge is 0.463 e. The molecule has 0 unspecified atom stereocenters. The quantitative estimate of drug-likeness (QED) is 0.252. The summed E-state index contributed by atoms with van der Waals surface area (Å²) in [6.07, 6.45) is -1.58. The lowest BCUT2D eigenvalue weighted by Crippen LogP contribution is -2.59. The van der Waals surface area contributed by atoms with Crippen molar-refractivity contribution in [3.63, 3.8) is 0 Å². The molecule has 0 saturated carbocycles. The number of hydrogen-bond donors (Lipinski definition) is 5. The van der Waals surface area contributed by atoms with Gasteiger partial charge in [0.05, 0.1) is 25.0 Å². The molecule has 10 heteroatoms. The molecule has 2 aliphatic carbocycles.